The predicted molar refractivity (Wildman–Crippen MR) is 61.0 cm³/mol. The van der Waals surface area contributed by atoms with Crippen molar-refractivity contribution in [3.05, 3.63) is 47.7 Å². The number of hydrogen-bond acceptors (Lipinski definition) is 2. The molecule has 0 aliphatic heterocycles. The molecule has 0 amide bonds. The van der Waals surface area contributed by atoms with Crippen molar-refractivity contribution in [1.29, 1.82) is 5.26 Å². The molecule has 2 rings (SSSR count). The van der Waals surface area contributed by atoms with E-state index in [-0.39, 0.29) is 0 Å². The van der Waals surface area contributed by atoms with Gasteiger partial charge in [-0.15, -0.1) is 0 Å². The second kappa shape index (κ2) is 4.71. The Morgan fingerprint density at radius 1 is 1.38 bits per heavy atom. The van der Waals surface area contributed by atoms with Crippen LogP contribution in [0.4, 0.5) is 0 Å². The minimum Gasteiger partial charge on any atom is -0.469 e. The highest BCUT2D eigenvalue weighted by atomic mass is 16.3. The van der Waals surface area contributed by atoms with Gasteiger partial charge in [0.15, 0.2) is 0 Å². The minimum atomic E-state index is 0.725. The molecule has 0 bridgehead atoms. The van der Waals surface area contributed by atoms with Crippen molar-refractivity contribution in [3.63, 3.8) is 0 Å². The van der Waals surface area contributed by atoms with Crippen LogP contribution < -0.4 is 0 Å². The Balaban J connectivity index is 2.27. The highest BCUT2D eigenvalue weighted by molar-refractivity contribution is 5.29. The molecule has 0 atom stereocenters. The third-order valence-electron chi connectivity index (χ3n) is 2.57. The van der Waals surface area contributed by atoms with Crippen molar-refractivity contribution in [1.82, 2.24) is 4.57 Å². The zero-order valence-electron chi connectivity index (χ0n) is 9.31. The second-order valence-corrected chi connectivity index (χ2v) is 3.73. The molecule has 0 unspecified atom stereocenters. The average Bonchev–Trinajstić information content (AvgIpc) is 2.91. The van der Waals surface area contributed by atoms with Gasteiger partial charge in [-0.05, 0) is 30.7 Å². The van der Waals surface area contributed by atoms with Gasteiger partial charge in [-0.1, -0.05) is 6.92 Å². The van der Waals surface area contributed by atoms with Crippen LogP contribution in [0.3, 0.4) is 0 Å². The van der Waals surface area contributed by atoms with Crippen LogP contribution in [-0.4, -0.2) is 4.57 Å². The molecule has 2 aromatic heterocycles. The van der Waals surface area contributed by atoms with Crippen LogP contribution in [0.15, 0.2) is 34.9 Å². The van der Waals surface area contributed by atoms with Gasteiger partial charge in [0, 0.05) is 18.7 Å². The van der Waals surface area contributed by atoms with Crippen LogP contribution >= 0.6 is 0 Å². The van der Waals surface area contributed by atoms with E-state index in [1.165, 1.54) is 0 Å². The van der Waals surface area contributed by atoms with Crippen molar-refractivity contribution in [2.45, 2.75) is 26.3 Å². The number of nitriles is 1. The minimum absolute atomic E-state index is 0.725. The Hall–Kier alpha value is -1.95. The second-order valence-electron chi connectivity index (χ2n) is 3.73. The molecule has 0 radical (unpaired) electrons. The Labute approximate surface area is 94.9 Å². The van der Waals surface area contributed by atoms with Gasteiger partial charge in [0.05, 0.1) is 6.26 Å². The van der Waals surface area contributed by atoms with Gasteiger partial charge in [-0.25, -0.2) is 0 Å². The molecule has 2 heterocycles. The van der Waals surface area contributed by atoms with Crippen LogP contribution in [0.5, 0.6) is 0 Å². The van der Waals surface area contributed by atoms with E-state index in [0.717, 1.165) is 36.5 Å². The lowest BCUT2D eigenvalue weighted by molar-refractivity contribution is 0.513. The Kier molecular flexibility index (Phi) is 3.11. The van der Waals surface area contributed by atoms with Crippen molar-refractivity contribution in [3.8, 4) is 6.07 Å². The highest BCUT2D eigenvalue weighted by Gasteiger charge is 2.08. The summed E-state index contributed by atoms with van der Waals surface area (Å²) in [6.45, 7) is 2.99. The fourth-order valence-corrected chi connectivity index (χ4v) is 1.84. The van der Waals surface area contributed by atoms with Crippen LogP contribution in [-0.2, 0) is 13.0 Å². The van der Waals surface area contributed by atoms with Gasteiger partial charge < -0.3 is 8.98 Å². The summed E-state index contributed by atoms with van der Waals surface area (Å²) in [4.78, 5) is 0. The number of rotatable bonds is 4. The zero-order chi connectivity index (χ0) is 11.4. The number of aromatic nitrogens is 1. The summed E-state index contributed by atoms with van der Waals surface area (Å²) in [6, 6.07) is 9.91. The highest BCUT2D eigenvalue weighted by Crippen LogP contribution is 2.14. The first kappa shape index (κ1) is 10.6. The molecular formula is C13H14N2O. The topological polar surface area (TPSA) is 41.9 Å². The predicted octanol–water partition coefficient (Wildman–Crippen LogP) is 2.95. The fraction of sp³-hybridized carbons (Fsp3) is 0.308. The van der Waals surface area contributed by atoms with Crippen molar-refractivity contribution >= 4 is 0 Å². The summed E-state index contributed by atoms with van der Waals surface area (Å²) in [5.74, 6) is 0.931. The molecule has 0 aliphatic rings. The Bertz CT molecular complexity index is 488. The summed E-state index contributed by atoms with van der Waals surface area (Å²) in [6.07, 6.45) is 3.44. The molecule has 0 fully saturated rings. The maximum Gasteiger partial charge on any atom is 0.120 e. The molecule has 3 nitrogen and oxygen atoms in total. The normalized spacial score (nSPS) is 10.2. The van der Waals surface area contributed by atoms with Gasteiger partial charge >= 0.3 is 0 Å². The molecule has 0 N–H and O–H groups in total. The Morgan fingerprint density at radius 2 is 2.25 bits per heavy atom. The first-order valence-corrected chi connectivity index (χ1v) is 5.46. The van der Waals surface area contributed by atoms with E-state index < -0.39 is 0 Å². The summed E-state index contributed by atoms with van der Waals surface area (Å²) in [5, 5.41) is 8.99. The molecular weight excluding hydrogens is 200 g/mol. The van der Waals surface area contributed by atoms with Gasteiger partial charge in [-0.3, -0.25) is 0 Å². The quantitative estimate of drug-likeness (QED) is 0.785. The summed E-state index contributed by atoms with van der Waals surface area (Å²) >= 11 is 0. The van der Waals surface area contributed by atoms with E-state index in [0.29, 0.717) is 0 Å². The fourth-order valence-electron chi connectivity index (χ4n) is 1.84. The number of nitrogens with zero attached hydrogens (tertiary/aromatic N) is 2. The van der Waals surface area contributed by atoms with Crippen LogP contribution in [0.2, 0.25) is 0 Å². The SMILES string of the molecule is CCCn1c(C#N)ccc1Cc1ccco1. The lowest BCUT2D eigenvalue weighted by Gasteiger charge is -2.07. The number of hydrogen-bond donors (Lipinski definition) is 0. The molecule has 3 heteroatoms. The van der Waals surface area contributed by atoms with Crippen LogP contribution in [0.25, 0.3) is 0 Å². The van der Waals surface area contributed by atoms with E-state index in [1.54, 1.807) is 6.26 Å². The van der Waals surface area contributed by atoms with E-state index in [2.05, 4.69) is 17.6 Å². The molecule has 0 saturated carbocycles. The largest absolute Gasteiger partial charge is 0.469 e. The molecule has 82 valence electrons. The smallest absolute Gasteiger partial charge is 0.120 e. The van der Waals surface area contributed by atoms with E-state index >= 15 is 0 Å². The lowest BCUT2D eigenvalue weighted by Crippen LogP contribution is -2.05. The van der Waals surface area contributed by atoms with Gasteiger partial charge in [0.1, 0.15) is 17.5 Å². The zero-order valence-corrected chi connectivity index (χ0v) is 9.31. The van der Waals surface area contributed by atoms with Crippen molar-refractivity contribution in [2.75, 3.05) is 0 Å². The molecule has 0 aromatic carbocycles. The third-order valence-corrected chi connectivity index (χ3v) is 2.57. The Morgan fingerprint density at radius 3 is 2.88 bits per heavy atom. The van der Waals surface area contributed by atoms with Gasteiger partial charge in [0.25, 0.3) is 0 Å². The van der Waals surface area contributed by atoms with E-state index in [4.69, 9.17) is 9.68 Å². The molecule has 0 aliphatic carbocycles. The molecule has 0 spiro atoms. The summed E-state index contributed by atoms with van der Waals surface area (Å²) in [7, 11) is 0. The van der Waals surface area contributed by atoms with Crippen LogP contribution in [0, 0.1) is 11.3 Å². The van der Waals surface area contributed by atoms with Crippen molar-refractivity contribution < 1.29 is 4.42 Å². The van der Waals surface area contributed by atoms with Gasteiger partial charge in [-0.2, -0.15) is 5.26 Å². The summed E-state index contributed by atoms with van der Waals surface area (Å²) in [5.41, 5.74) is 1.86. The average molecular weight is 214 g/mol. The standard InChI is InChI=1S/C13H14N2O/c1-2-7-15-11(5-6-12(15)10-14)9-13-4-3-8-16-13/h3-6,8H,2,7,9H2,1H3. The first-order valence-electron chi connectivity index (χ1n) is 5.46. The maximum atomic E-state index is 8.99. The lowest BCUT2D eigenvalue weighted by atomic mass is 10.2. The summed E-state index contributed by atoms with van der Waals surface area (Å²) < 4.78 is 7.38. The maximum absolute atomic E-state index is 8.99. The van der Waals surface area contributed by atoms with Gasteiger partial charge in [0.2, 0.25) is 0 Å². The van der Waals surface area contributed by atoms with Crippen LogP contribution in [0.1, 0.15) is 30.5 Å². The van der Waals surface area contributed by atoms with E-state index in [1.807, 2.05) is 24.3 Å². The first-order chi connectivity index (χ1) is 7.85. The third kappa shape index (κ3) is 2.01. The number of furan rings is 1. The molecule has 16 heavy (non-hydrogen) atoms. The monoisotopic (exact) mass is 214 g/mol. The van der Waals surface area contributed by atoms with Crippen molar-refractivity contribution in [2.24, 2.45) is 0 Å². The molecule has 0 saturated heterocycles. The molecule has 2 aromatic rings. The van der Waals surface area contributed by atoms with E-state index in [9.17, 15) is 0 Å².